The van der Waals surface area contributed by atoms with Crippen LogP contribution in [0.2, 0.25) is 0 Å². The van der Waals surface area contributed by atoms with E-state index >= 15 is 0 Å². The fraction of sp³-hybridized carbons (Fsp3) is 0.489. The number of benzene rings is 3. The van der Waals surface area contributed by atoms with Crippen LogP contribution >= 0.6 is 0 Å². The van der Waals surface area contributed by atoms with Crippen molar-refractivity contribution in [2.75, 3.05) is 114 Å². The minimum absolute atomic E-state index is 0. The number of rotatable bonds is 10. The van der Waals surface area contributed by atoms with Crippen molar-refractivity contribution in [3.8, 4) is 0 Å². The summed E-state index contributed by atoms with van der Waals surface area (Å²) in [4.78, 5) is 14.2. The summed E-state index contributed by atoms with van der Waals surface area (Å²) in [5, 5.41) is 5.83. The van der Waals surface area contributed by atoms with E-state index in [9.17, 15) is 0 Å². The molecule has 4 rings (SSSR count). The number of halogens is 3. The molecular weight excluding hydrogens is 807 g/mol. The Bertz CT molecular complexity index is 1820. The third-order valence-corrected chi connectivity index (χ3v) is 17.1. The van der Waals surface area contributed by atoms with Gasteiger partial charge in [-0.1, -0.05) is 45.9 Å². The van der Waals surface area contributed by atoms with Gasteiger partial charge in [0.05, 0.1) is 34.1 Å². The van der Waals surface area contributed by atoms with Gasteiger partial charge in [0.2, 0.25) is 0 Å². The average Bonchev–Trinajstić information content (AvgIpc) is 3.22. The Morgan fingerprint density at radius 1 is 0.375 bits per heavy atom. The standard InChI is InChI=1S/C45H69N6Si.3ClH.Ti/c1-26-23-36(42(49(17)18)39(29(26)4)46(11)12)52(45-34(9)32(7)33(8)35(45)10,37-24-27(2)30(5)40(47(13)14)43(37)50(19)20)38-25-28(3)31(6)41(48(15)16)44(38)51(21)22;;;;/h23-25H,1-22H3;3*1H;/q-1;;;;+4/p-3. The molecule has 0 amide bonds. The van der Waals surface area contributed by atoms with Crippen molar-refractivity contribution in [1.29, 1.82) is 0 Å². The van der Waals surface area contributed by atoms with Crippen molar-refractivity contribution in [3.63, 3.8) is 0 Å². The molecule has 0 spiro atoms. The normalized spacial score (nSPS) is 10.8. The monoisotopic (exact) mass is 874 g/mol. The summed E-state index contributed by atoms with van der Waals surface area (Å²) < 4.78 is 0. The molecule has 0 fully saturated rings. The van der Waals surface area contributed by atoms with Crippen LogP contribution in [0, 0.1) is 69.2 Å². The smallest absolute Gasteiger partial charge is 1.00 e. The van der Waals surface area contributed by atoms with E-state index in [1.54, 1.807) is 0 Å². The van der Waals surface area contributed by atoms with Gasteiger partial charge in [0.25, 0.3) is 0 Å². The van der Waals surface area contributed by atoms with E-state index in [0.717, 1.165) is 0 Å². The molecule has 308 valence electrons. The van der Waals surface area contributed by atoms with Gasteiger partial charge in [-0.2, -0.15) is 27.4 Å². The molecular formula is C45H69Cl3N6SiTi. The first-order chi connectivity index (χ1) is 24.0. The number of hydrogen-bond acceptors (Lipinski definition) is 6. The van der Waals surface area contributed by atoms with Crippen LogP contribution in [-0.4, -0.2) is 92.6 Å². The van der Waals surface area contributed by atoms with Gasteiger partial charge in [-0.05, 0) is 90.5 Å². The minimum Gasteiger partial charge on any atom is -1.00 e. The molecule has 4 aromatic rings. The van der Waals surface area contributed by atoms with Gasteiger partial charge < -0.3 is 66.6 Å². The second kappa shape index (κ2) is 19.6. The summed E-state index contributed by atoms with van der Waals surface area (Å²) in [7, 11) is 23.5. The van der Waals surface area contributed by atoms with Gasteiger partial charge >= 0.3 is 21.7 Å². The maximum absolute atomic E-state index is 3.32. The first kappa shape index (κ1) is 53.6. The zero-order chi connectivity index (χ0) is 39.6. The summed E-state index contributed by atoms with van der Waals surface area (Å²) >= 11 is 0. The van der Waals surface area contributed by atoms with Gasteiger partial charge in [0.1, 0.15) is 0 Å². The molecule has 4 aromatic carbocycles. The van der Waals surface area contributed by atoms with E-state index in [1.807, 2.05) is 0 Å². The van der Waals surface area contributed by atoms with E-state index < -0.39 is 8.07 Å². The van der Waals surface area contributed by atoms with Gasteiger partial charge in [-0.25, -0.2) is 0 Å². The number of aryl methyl sites for hydroxylation is 3. The van der Waals surface area contributed by atoms with Crippen LogP contribution in [0.5, 0.6) is 0 Å². The molecule has 0 atom stereocenters. The summed E-state index contributed by atoms with van der Waals surface area (Å²) in [6.45, 7) is 23.4. The Kier molecular flexibility index (Phi) is 18.7. The van der Waals surface area contributed by atoms with Crippen molar-refractivity contribution >= 4 is 62.9 Å². The largest absolute Gasteiger partial charge is 4.00 e. The molecule has 0 heterocycles. The number of nitrogens with zero attached hydrogens (tertiary/aromatic N) is 6. The summed E-state index contributed by atoms with van der Waals surface area (Å²) in [5.74, 6) is 0. The fourth-order valence-electron chi connectivity index (χ4n) is 9.13. The van der Waals surface area contributed by atoms with Crippen LogP contribution in [0.3, 0.4) is 0 Å². The van der Waals surface area contributed by atoms with E-state index in [0.29, 0.717) is 0 Å². The molecule has 0 bridgehead atoms. The Hall–Kier alpha value is -2.39. The summed E-state index contributed by atoms with van der Waals surface area (Å²) in [5.41, 5.74) is 21.4. The third kappa shape index (κ3) is 8.38. The summed E-state index contributed by atoms with van der Waals surface area (Å²) in [6, 6.07) is 7.77. The number of hydrogen-bond donors (Lipinski definition) is 0. The van der Waals surface area contributed by atoms with Crippen molar-refractivity contribution in [3.05, 3.63) is 73.8 Å². The molecule has 0 saturated heterocycles. The van der Waals surface area contributed by atoms with Crippen LogP contribution in [0.4, 0.5) is 34.1 Å². The molecule has 0 aliphatic carbocycles. The average molecular weight is 876 g/mol. The molecule has 0 aliphatic rings. The van der Waals surface area contributed by atoms with Crippen LogP contribution in [-0.2, 0) is 21.7 Å². The molecule has 0 N–H and O–H groups in total. The first-order valence-electron chi connectivity index (χ1n) is 18.7. The maximum Gasteiger partial charge on any atom is 4.00 e. The summed E-state index contributed by atoms with van der Waals surface area (Å²) in [6.07, 6.45) is 0. The predicted octanol–water partition coefficient (Wildman–Crippen LogP) is -2.73. The maximum atomic E-state index is 2.59. The first-order valence-corrected chi connectivity index (χ1v) is 20.7. The molecule has 0 unspecified atom stereocenters. The molecule has 0 radical (unpaired) electrons. The van der Waals surface area contributed by atoms with Gasteiger partial charge in [0, 0.05) is 84.6 Å². The molecule has 0 aromatic heterocycles. The Morgan fingerprint density at radius 3 is 0.786 bits per heavy atom. The van der Waals surface area contributed by atoms with Crippen molar-refractivity contribution in [2.24, 2.45) is 0 Å². The quantitative estimate of drug-likeness (QED) is 0.0975. The Morgan fingerprint density at radius 2 is 0.607 bits per heavy atom. The third-order valence-electron chi connectivity index (χ3n) is 12.1. The van der Waals surface area contributed by atoms with Crippen LogP contribution in [0.15, 0.2) is 18.2 Å². The van der Waals surface area contributed by atoms with Crippen molar-refractivity contribution in [1.82, 2.24) is 0 Å². The van der Waals surface area contributed by atoms with Gasteiger partial charge in [0.15, 0.2) is 8.07 Å². The topological polar surface area (TPSA) is 19.4 Å². The second-order valence-electron chi connectivity index (χ2n) is 16.7. The minimum atomic E-state index is -3.32. The molecule has 11 heteroatoms. The van der Waals surface area contributed by atoms with E-state index in [-0.39, 0.29) is 58.9 Å². The Labute approximate surface area is 376 Å². The molecule has 56 heavy (non-hydrogen) atoms. The fourth-order valence-corrected chi connectivity index (χ4v) is 15.7. The van der Waals surface area contributed by atoms with Crippen LogP contribution in [0.25, 0.3) is 0 Å². The van der Waals surface area contributed by atoms with E-state index in [2.05, 4.69) is 201 Å². The van der Waals surface area contributed by atoms with Crippen LogP contribution in [0.1, 0.15) is 55.6 Å². The zero-order valence-corrected chi connectivity index (χ0v) is 43.4. The Balaban J connectivity index is 0.00000756. The van der Waals surface area contributed by atoms with E-state index in [1.165, 1.54) is 111 Å². The van der Waals surface area contributed by atoms with Crippen LogP contribution < -0.4 is 87.4 Å². The van der Waals surface area contributed by atoms with Gasteiger partial charge in [-0.3, -0.25) is 0 Å². The zero-order valence-electron chi connectivity index (χ0n) is 38.5. The van der Waals surface area contributed by atoms with E-state index in [4.69, 9.17) is 0 Å². The predicted molar refractivity (Wildman–Crippen MR) is 239 cm³/mol. The van der Waals surface area contributed by atoms with Gasteiger partial charge in [-0.15, -0.1) is 0 Å². The SMILES string of the molecule is Cc1cc([Si](c2cc(C)c(C)c(N(C)C)c2N(C)C)(c2cc(C)c(C)c(N(C)C)c2N(C)C)c2c(C)c(C)c(C)[c-]2C)c(N(C)C)c(N(C)C)c1C.[Cl-].[Cl-].[Cl-].[Ti+4]. The van der Waals surface area contributed by atoms with Crippen molar-refractivity contribution in [2.45, 2.75) is 69.2 Å². The second-order valence-corrected chi connectivity index (χ2v) is 20.3. The molecule has 0 saturated carbocycles. The molecule has 6 nitrogen and oxygen atoms in total. The van der Waals surface area contributed by atoms with Crippen molar-refractivity contribution < 1.29 is 58.9 Å². The molecule has 0 aliphatic heterocycles. The number of anilines is 6.